The van der Waals surface area contributed by atoms with E-state index in [1.165, 1.54) is 18.9 Å². The predicted octanol–water partition coefficient (Wildman–Crippen LogP) is 4.91. The molecule has 0 saturated carbocycles. The number of aryl methyl sites for hydroxylation is 1. The number of nitrogens with zero attached hydrogens (tertiary/aromatic N) is 2. The molecule has 9 heteroatoms. The van der Waals surface area contributed by atoms with E-state index in [2.05, 4.69) is 9.97 Å². The summed E-state index contributed by atoms with van der Waals surface area (Å²) < 4.78 is 16.8. The second-order valence-electron chi connectivity index (χ2n) is 11.2. The van der Waals surface area contributed by atoms with Gasteiger partial charge < -0.3 is 19.3 Å². The second-order valence-corrected chi connectivity index (χ2v) is 11.2. The molecule has 0 spiro atoms. The summed E-state index contributed by atoms with van der Waals surface area (Å²) in [5.41, 5.74) is 5.30. The number of hydrogen-bond acceptors (Lipinski definition) is 8. The van der Waals surface area contributed by atoms with Crippen molar-refractivity contribution in [3.63, 3.8) is 0 Å². The number of nitrogens with one attached hydrogen (secondary N) is 1. The Bertz CT molecular complexity index is 1910. The number of carbonyl (C=O) groups excluding carboxylic acids is 1. The summed E-state index contributed by atoms with van der Waals surface area (Å²) in [7, 11) is 1.50. The number of rotatable bonds is 7. The smallest absolute Gasteiger partial charge is 0.347 e. The molecule has 214 valence electrons. The summed E-state index contributed by atoms with van der Waals surface area (Å²) >= 11 is 0. The van der Waals surface area contributed by atoms with Crippen LogP contribution in [-0.2, 0) is 22.4 Å². The fourth-order valence-electron chi connectivity index (χ4n) is 5.59. The van der Waals surface area contributed by atoms with Crippen LogP contribution in [0.2, 0.25) is 0 Å². The summed E-state index contributed by atoms with van der Waals surface area (Å²) in [5.74, 6) is 0.692. The summed E-state index contributed by atoms with van der Waals surface area (Å²) in [6.45, 7) is 5.67. The highest BCUT2D eigenvalue weighted by Crippen LogP contribution is 2.43. The maximum Gasteiger partial charge on any atom is 0.347 e. The topological polar surface area (TPSA) is 124 Å². The Hall–Kier alpha value is -4.76. The molecule has 1 aliphatic rings. The molecule has 2 aromatic heterocycles. The Balaban J connectivity index is 1.58. The standard InChI is InChI=1S/C33H31N3O6/c1-18-13-21-14-20(25-16-35-32(38)36-31(25)40-4)5-6-22(21)29(24(18)15-27(37)42-17-33(2,3)39)23-7-8-26-28-19(10-12-41-26)9-11-34-30(23)28/h5-9,11,13-14,16,39H,10,12,15,17H2,1-4H3,(H,35,36,38). The highest BCUT2D eigenvalue weighted by Gasteiger charge is 2.24. The zero-order valence-corrected chi connectivity index (χ0v) is 23.9. The monoisotopic (exact) mass is 565 g/mol. The lowest BCUT2D eigenvalue weighted by Crippen LogP contribution is -2.28. The first kappa shape index (κ1) is 27.4. The number of H-pyrrole nitrogens is 1. The Morgan fingerprint density at radius 2 is 1.95 bits per heavy atom. The van der Waals surface area contributed by atoms with E-state index in [0.29, 0.717) is 18.1 Å². The van der Waals surface area contributed by atoms with Crippen LogP contribution in [0.1, 0.15) is 30.5 Å². The number of esters is 1. The van der Waals surface area contributed by atoms with Crippen molar-refractivity contribution in [1.29, 1.82) is 0 Å². The minimum atomic E-state index is -1.13. The molecule has 6 rings (SSSR count). The van der Waals surface area contributed by atoms with Crippen molar-refractivity contribution in [2.24, 2.45) is 0 Å². The van der Waals surface area contributed by atoms with Gasteiger partial charge in [0.05, 0.1) is 36.8 Å². The number of pyridine rings is 1. The summed E-state index contributed by atoms with van der Waals surface area (Å²) in [5, 5.41) is 12.9. The van der Waals surface area contributed by atoms with E-state index in [9.17, 15) is 14.7 Å². The summed E-state index contributed by atoms with van der Waals surface area (Å²) in [6.07, 6.45) is 4.12. The molecule has 5 aromatic rings. The van der Waals surface area contributed by atoms with Gasteiger partial charge in [-0.2, -0.15) is 0 Å². The van der Waals surface area contributed by atoms with Crippen molar-refractivity contribution in [3.05, 3.63) is 82.0 Å². The molecule has 1 aliphatic heterocycles. The molecule has 0 unspecified atom stereocenters. The van der Waals surface area contributed by atoms with E-state index in [-0.39, 0.29) is 13.0 Å². The van der Waals surface area contributed by atoms with Gasteiger partial charge in [0.2, 0.25) is 5.88 Å². The first-order chi connectivity index (χ1) is 20.1. The average molecular weight is 566 g/mol. The fourth-order valence-corrected chi connectivity index (χ4v) is 5.59. The minimum Gasteiger partial charge on any atom is -0.493 e. The van der Waals surface area contributed by atoms with Crippen LogP contribution in [0.25, 0.3) is 43.9 Å². The number of aromatic nitrogens is 3. The molecule has 0 bridgehead atoms. The van der Waals surface area contributed by atoms with Crippen molar-refractivity contribution >= 4 is 27.6 Å². The Morgan fingerprint density at radius 3 is 2.74 bits per heavy atom. The number of hydrogen-bond donors (Lipinski definition) is 2. The van der Waals surface area contributed by atoms with Crippen molar-refractivity contribution < 1.29 is 24.1 Å². The number of ether oxygens (including phenoxy) is 3. The molecule has 0 atom stereocenters. The van der Waals surface area contributed by atoms with E-state index < -0.39 is 17.3 Å². The lowest BCUT2D eigenvalue weighted by Gasteiger charge is -2.22. The SMILES string of the molecule is COc1[nH]c(=O)ncc1-c1ccc2c(-c3ccc4c5c(ccnc35)CCO4)c(CC(=O)OCC(C)(C)O)c(C)cc2c1. The maximum atomic E-state index is 13.1. The number of benzene rings is 3. The molecule has 2 N–H and O–H groups in total. The number of carbonyl (C=O) groups is 1. The van der Waals surface area contributed by atoms with E-state index in [0.717, 1.165) is 61.7 Å². The predicted molar refractivity (Wildman–Crippen MR) is 160 cm³/mol. The third kappa shape index (κ3) is 5.07. The van der Waals surface area contributed by atoms with Crippen molar-refractivity contribution in [2.45, 2.75) is 39.2 Å². The normalized spacial score (nSPS) is 12.8. The second kappa shape index (κ2) is 10.6. The quantitative estimate of drug-likeness (QED) is 0.267. The van der Waals surface area contributed by atoms with Gasteiger partial charge in [0.25, 0.3) is 0 Å². The van der Waals surface area contributed by atoms with E-state index in [4.69, 9.17) is 19.2 Å². The molecular formula is C33H31N3O6. The first-order valence-electron chi connectivity index (χ1n) is 13.7. The Labute approximate surface area is 242 Å². The van der Waals surface area contributed by atoms with Crippen LogP contribution >= 0.6 is 0 Å². The van der Waals surface area contributed by atoms with Crippen molar-refractivity contribution in [3.8, 4) is 33.9 Å². The van der Waals surface area contributed by atoms with Crippen LogP contribution in [0.4, 0.5) is 0 Å². The van der Waals surface area contributed by atoms with E-state index >= 15 is 0 Å². The molecule has 0 aliphatic carbocycles. The Kier molecular flexibility index (Phi) is 6.90. The highest BCUT2D eigenvalue weighted by atomic mass is 16.5. The molecule has 0 amide bonds. The van der Waals surface area contributed by atoms with Gasteiger partial charge in [-0.05, 0) is 83.6 Å². The van der Waals surface area contributed by atoms with Gasteiger partial charge in [-0.25, -0.2) is 9.78 Å². The third-order valence-corrected chi connectivity index (χ3v) is 7.51. The van der Waals surface area contributed by atoms with Crippen LogP contribution in [-0.4, -0.2) is 52.0 Å². The van der Waals surface area contributed by atoms with Crippen LogP contribution in [0.3, 0.4) is 0 Å². The minimum absolute atomic E-state index is 0.0199. The van der Waals surface area contributed by atoms with Gasteiger partial charge >= 0.3 is 11.7 Å². The summed E-state index contributed by atoms with van der Waals surface area (Å²) in [6, 6.07) is 14.0. The average Bonchev–Trinajstić information content (AvgIpc) is 2.96. The molecular weight excluding hydrogens is 534 g/mol. The third-order valence-electron chi connectivity index (χ3n) is 7.51. The lowest BCUT2D eigenvalue weighted by atomic mass is 9.86. The first-order valence-corrected chi connectivity index (χ1v) is 13.7. The summed E-state index contributed by atoms with van der Waals surface area (Å²) in [4.78, 5) is 36.2. The molecule has 42 heavy (non-hydrogen) atoms. The van der Waals surface area contributed by atoms with Crippen LogP contribution in [0.15, 0.2) is 59.7 Å². The van der Waals surface area contributed by atoms with Gasteiger partial charge in [0.15, 0.2) is 0 Å². The maximum absolute atomic E-state index is 13.1. The number of aromatic amines is 1. The van der Waals surface area contributed by atoms with Crippen molar-refractivity contribution in [2.75, 3.05) is 20.3 Å². The number of methoxy groups -OCH3 is 1. The zero-order chi connectivity index (χ0) is 29.6. The fraction of sp³-hybridized carbons (Fsp3) is 0.273. The van der Waals surface area contributed by atoms with Crippen LogP contribution in [0, 0.1) is 6.92 Å². The zero-order valence-electron chi connectivity index (χ0n) is 23.9. The van der Waals surface area contributed by atoms with Gasteiger partial charge in [-0.3, -0.25) is 14.8 Å². The van der Waals surface area contributed by atoms with Gasteiger partial charge in [-0.1, -0.05) is 18.2 Å². The van der Waals surface area contributed by atoms with E-state index in [1.807, 2.05) is 55.6 Å². The molecule has 0 fully saturated rings. The van der Waals surface area contributed by atoms with Crippen LogP contribution < -0.4 is 15.2 Å². The van der Waals surface area contributed by atoms with Gasteiger partial charge in [-0.15, -0.1) is 0 Å². The van der Waals surface area contributed by atoms with Gasteiger partial charge in [0.1, 0.15) is 12.4 Å². The largest absolute Gasteiger partial charge is 0.493 e. The highest BCUT2D eigenvalue weighted by molar-refractivity contribution is 6.09. The molecule has 0 radical (unpaired) electrons. The molecule has 3 aromatic carbocycles. The lowest BCUT2D eigenvalue weighted by molar-refractivity contribution is -0.149. The number of fused-ring (bicyclic) bond motifs is 1. The number of aliphatic hydroxyl groups is 1. The van der Waals surface area contributed by atoms with Gasteiger partial charge in [0, 0.05) is 29.8 Å². The van der Waals surface area contributed by atoms with Crippen LogP contribution in [0.5, 0.6) is 11.6 Å². The van der Waals surface area contributed by atoms with Crippen molar-refractivity contribution in [1.82, 2.24) is 15.0 Å². The molecule has 9 nitrogen and oxygen atoms in total. The molecule has 3 heterocycles. The van der Waals surface area contributed by atoms with E-state index in [1.54, 1.807) is 13.8 Å². The molecule has 0 saturated heterocycles. The Morgan fingerprint density at radius 1 is 1.12 bits per heavy atom.